The minimum Gasteiger partial charge on any atom is -0.361 e. The van der Waals surface area contributed by atoms with Gasteiger partial charge in [0.1, 0.15) is 0 Å². The number of rotatable bonds is 6. The van der Waals surface area contributed by atoms with Gasteiger partial charge in [-0.15, -0.1) is 0 Å². The average Bonchev–Trinajstić information content (AvgIpc) is 3.24. The number of amides is 1. The molecule has 126 valence electrons. The van der Waals surface area contributed by atoms with E-state index in [4.69, 9.17) is 0 Å². The van der Waals surface area contributed by atoms with Gasteiger partial charge in [-0.3, -0.25) is 4.79 Å². The Morgan fingerprint density at radius 2 is 1.96 bits per heavy atom. The normalized spacial score (nSPS) is 11.2. The van der Waals surface area contributed by atoms with Crippen LogP contribution in [0.2, 0.25) is 0 Å². The Morgan fingerprint density at radius 3 is 2.92 bits per heavy atom. The quantitative estimate of drug-likeness (QED) is 0.569. The zero-order valence-corrected chi connectivity index (χ0v) is 13.9. The standard InChI is InChI=1S/C20H20N4O/c25-20(10-9-15-13-22-17-6-2-1-5-16(15)17)21-11-12-24-14-23-18-7-3-4-8-19(18)24/h1-8,13-14,22H,9-12H2,(H,21,25). The molecule has 2 N–H and O–H groups in total. The molecule has 2 aromatic carbocycles. The Balaban J connectivity index is 1.29. The van der Waals surface area contributed by atoms with Crippen molar-refractivity contribution in [3.63, 3.8) is 0 Å². The lowest BCUT2D eigenvalue weighted by Crippen LogP contribution is -2.27. The first-order valence-electron chi connectivity index (χ1n) is 8.53. The van der Waals surface area contributed by atoms with Crippen LogP contribution < -0.4 is 5.32 Å². The summed E-state index contributed by atoms with van der Waals surface area (Å²) < 4.78 is 2.06. The van der Waals surface area contributed by atoms with E-state index in [9.17, 15) is 4.79 Å². The van der Waals surface area contributed by atoms with Gasteiger partial charge in [0.05, 0.1) is 17.4 Å². The molecule has 0 unspecified atom stereocenters. The van der Waals surface area contributed by atoms with Gasteiger partial charge in [-0.1, -0.05) is 30.3 Å². The summed E-state index contributed by atoms with van der Waals surface area (Å²) in [6, 6.07) is 16.2. The molecule has 5 nitrogen and oxygen atoms in total. The fourth-order valence-electron chi connectivity index (χ4n) is 3.18. The van der Waals surface area contributed by atoms with Crippen molar-refractivity contribution >= 4 is 27.8 Å². The number of nitrogens with zero attached hydrogens (tertiary/aromatic N) is 2. The predicted molar refractivity (Wildman–Crippen MR) is 99.4 cm³/mol. The number of para-hydroxylation sites is 3. The van der Waals surface area contributed by atoms with E-state index in [1.54, 1.807) is 0 Å². The number of aryl methyl sites for hydroxylation is 1. The van der Waals surface area contributed by atoms with Crippen molar-refractivity contribution in [2.24, 2.45) is 0 Å². The minimum atomic E-state index is 0.0784. The van der Waals surface area contributed by atoms with Gasteiger partial charge in [-0.05, 0) is 30.2 Å². The van der Waals surface area contributed by atoms with Gasteiger partial charge in [0.15, 0.2) is 0 Å². The molecule has 4 rings (SSSR count). The molecule has 0 radical (unpaired) electrons. The second kappa shape index (κ2) is 6.81. The highest BCUT2D eigenvalue weighted by molar-refractivity contribution is 5.84. The van der Waals surface area contributed by atoms with Crippen LogP contribution in [0.1, 0.15) is 12.0 Å². The van der Waals surface area contributed by atoms with Crippen LogP contribution in [0.3, 0.4) is 0 Å². The first-order valence-corrected chi connectivity index (χ1v) is 8.53. The van der Waals surface area contributed by atoms with Gasteiger partial charge in [-0.25, -0.2) is 4.98 Å². The van der Waals surface area contributed by atoms with Crippen molar-refractivity contribution in [2.45, 2.75) is 19.4 Å². The van der Waals surface area contributed by atoms with Gasteiger partial charge in [0.25, 0.3) is 0 Å². The van der Waals surface area contributed by atoms with Gasteiger partial charge >= 0.3 is 0 Å². The number of aromatic amines is 1. The lowest BCUT2D eigenvalue weighted by Gasteiger charge is -2.07. The van der Waals surface area contributed by atoms with Crippen LogP contribution in [0.25, 0.3) is 21.9 Å². The summed E-state index contributed by atoms with van der Waals surface area (Å²) in [6.45, 7) is 1.33. The Morgan fingerprint density at radius 1 is 1.12 bits per heavy atom. The molecule has 0 spiro atoms. The maximum atomic E-state index is 12.1. The van der Waals surface area contributed by atoms with Gasteiger partial charge < -0.3 is 14.9 Å². The number of nitrogens with one attached hydrogen (secondary N) is 2. The molecule has 1 amide bonds. The molecular weight excluding hydrogens is 312 g/mol. The van der Waals surface area contributed by atoms with Crippen LogP contribution in [0, 0.1) is 0 Å². The summed E-state index contributed by atoms with van der Waals surface area (Å²) in [4.78, 5) is 19.7. The number of benzene rings is 2. The van der Waals surface area contributed by atoms with Crippen molar-refractivity contribution in [1.82, 2.24) is 19.9 Å². The second-order valence-corrected chi connectivity index (χ2v) is 6.14. The van der Waals surface area contributed by atoms with Crippen molar-refractivity contribution in [3.8, 4) is 0 Å². The number of carbonyl (C=O) groups excluding carboxylic acids is 1. The van der Waals surface area contributed by atoms with Crippen LogP contribution in [0.5, 0.6) is 0 Å². The van der Waals surface area contributed by atoms with E-state index in [0.29, 0.717) is 13.0 Å². The van der Waals surface area contributed by atoms with Crippen LogP contribution in [0.4, 0.5) is 0 Å². The van der Waals surface area contributed by atoms with E-state index in [1.165, 1.54) is 10.9 Å². The van der Waals surface area contributed by atoms with Crippen molar-refractivity contribution in [3.05, 3.63) is 66.6 Å². The fourth-order valence-corrected chi connectivity index (χ4v) is 3.18. The maximum Gasteiger partial charge on any atom is 0.220 e. The molecule has 5 heteroatoms. The van der Waals surface area contributed by atoms with E-state index in [2.05, 4.69) is 25.9 Å². The molecule has 0 saturated heterocycles. The lowest BCUT2D eigenvalue weighted by atomic mass is 10.1. The highest BCUT2D eigenvalue weighted by atomic mass is 16.1. The summed E-state index contributed by atoms with van der Waals surface area (Å²) in [7, 11) is 0. The van der Waals surface area contributed by atoms with Crippen LogP contribution in [0.15, 0.2) is 61.1 Å². The Labute approximate surface area is 145 Å². The largest absolute Gasteiger partial charge is 0.361 e. The molecule has 0 aliphatic rings. The topological polar surface area (TPSA) is 62.7 Å². The van der Waals surface area contributed by atoms with Crippen molar-refractivity contribution in [1.29, 1.82) is 0 Å². The number of aromatic nitrogens is 3. The molecule has 2 heterocycles. The van der Waals surface area contributed by atoms with Crippen LogP contribution in [-0.4, -0.2) is 27.0 Å². The Hall–Kier alpha value is -3.08. The van der Waals surface area contributed by atoms with E-state index < -0.39 is 0 Å². The van der Waals surface area contributed by atoms with Crippen molar-refractivity contribution in [2.75, 3.05) is 6.54 Å². The summed E-state index contributed by atoms with van der Waals surface area (Å²) in [5, 5.41) is 4.19. The highest BCUT2D eigenvalue weighted by Crippen LogP contribution is 2.18. The molecule has 0 atom stereocenters. The average molecular weight is 332 g/mol. The summed E-state index contributed by atoms with van der Waals surface area (Å²) in [5.41, 5.74) is 4.37. The van der Waals surface area contributed by atoms with Gasteiger partial charge in [-0.2, -0.15) is 0 Å². The summed E-state index contributed by atoms with van der Waals surface area (Å²) >= 11 is 0. The number of imidazole rings is 1. The summed E-state index contributed by atoms with van der Waals surface area (Å²) in [6.07, 6.45) is 5.05. The van der Waals surface area contributed by atoms with E-state index in [0.717, 1.165) is 29.5 Å². The molecule has 0 fully saturated rings. The third-order valence-electron chi connectivity index (χ3n) is 4.50. The predicted octanol–water partition coefficient (Wildman–Crippen LogP) is 3.27. The maximum absolute atomic E-state index is 12.1. The van der Waals surface area contributed by atoms with Crippen molar-refractivity contribution < 1.29 is 4.79 Å². The monoisotopic (exact) mass is 332 g/mol. The van der Waals surface area contributed by atoms with Crippen LogP contribution in [-0.2, 0) is 17.8 Å². The number of carbonyl (C=O) groups is 1. The van der Waals surface area contributed by atoms with E-state index >= 15 is 0 Å². The third kappa shape index (κ3) is 3.26. The molecule has 4 aromatic rings. The smallest absolute Gasteiger partial charge is 0.220 e. The molecule has 0 bridgehead atoms. The van der Waals surface area contributed by atoms with Gasteiger partial charge in [0.2, 0.25) is 5.91 Å². The second-order valence-electron chi connectivity index (χ2n) is 6.14. The minimum absolute atomic E-state index is 0.0784. The first kappa shape index (κ1) is 15.4. The van der Waals surface area contributed by atoms with Gasteiger partial charge in [0, 0.05) is 36.6 Å². The zero-order valence-electron chi connectivity index (χ0n) is 13.9. The summed E-state index contributed by atoms with van der Waals surface area (Å²) in [5.74, 6) is 0.0784. The highest BCUT2D eigenvalue weighted by Gasteiger charge is 2.07. The van der Waals surface area contributed by atoms with E-state index in [1.807, 2.05) is 55.0 Å². The zero-order chi connectivity index (χ0) is 17.1. The first-order chi connectivity index (χ1) is 12.3. The number of H-pyrrole nitrogens is 1. The molecular formula is C20H20N4O. The Bertz CT molecular complexity index is 1010. The number of hydrogen-bond acceptors (Lipinski definition) is 2. The number of hydrogen-bond donors (Lipinski definition) is 2. The Kier molecular flexibility index (Phi) is 4.21. The fraction of sp³-hybridized carbons (Fsp3) is 0.200. The molecule has 0 saturated carbocycles. The number of fused-ring (bicyclic) bond motifs is 2. The van der Waals surface area contributed by atoms with Crippen LogP contribution >= 0.6 is 0 Å². The van der Waals surface area contributed by atoms with E-state index in [-0.39, 0.29) is 5.91 Å². The molecule has 0 aliphatic carbocycles. The molecule has 25 heavy (non-hydrogen) atoms. The molecule has 2 aromatic heterocycles. The SMILES string of the molecule is O=C(CCc1c[nH]c2ccccc12)NCCn1cnc2ccccc21. The molecule has 0 aliphatic heterocycles. The third-order valence-corrected chi connectivity index (χ3v) is 4.50. The lowest BCUT2D eigenvalue weighted by molar-refractivity contribution is -0.121.